The summed E-state index contributed by atoms with van der Waals surface area (Å²) in [6.45, 7) is 9.38. The minimum atomic E-state index is -0.631. The number of hydrogen-bond acceptors (Lipinski definition) is 7. The van der Waals surface area contributed by atoms with Crippen LogP contribution in [0.15, 0.2) is 42.6 Å². The van der Waals surface area contributed by atoms with Crippen molar-refractivity contribution in [3.63, 3.8) is 0 Å². The van der Waals surface area contributed by atoms with Crippen molar-refractivity contribution < 1.29 is 19.1 Å². The summed E-state index contributed by atoms with van der Waals surface area (Å²) in [6.07, 6.45) is 5.20. The molecule has 0 unspecified atom stereocenters. The maximum absolute atomic E-state index is 12.6. The number of primary amides is 1. The number of fused-ring (bicyclic) bond motifs is 1. The summed E-state index contributed by atoms with van der Waals surface area (Å²) in [6, 6.07) is 9.30. The quantitative estimate of drug-likeness (QED) is 0.155. The summed E-state index contributed by atoms with van der Waals surface area (Å²) in [5, 5.41) is 13.1. The molecule has 232 valence electrons. The number of aromatic amines is 1. The average Bonchev–Trinajstić information content (AvgIpc) is 3.46. The van der Waals surface area contributed by atoms with Gasteiger partial charge in [0.05, 0.1) is 21.8 Å². The van der Waals surface area contributed by atoms with Gasteiger partial charge in [0.2, 0.25) is 0 Å². The fourth-order valence-electron chi connectivity index (χ4n) is 4.88. The van der Waals surface area contributed by atoms with Crippen LogP contribution in [0.3, 0.4) is 0 Å². The fourth-order valence-corrected chi connectivity index (χ4v) is 5.29. The van der Waals surface area contributed by atoms with E-state index in [-0.39, 0.29) is 32.5 Å². The van der Waals surface area contributed by atoms with E-state index in [4.69, 9.17) is 38.4 Å². The van der Waals surface area contributed by atoms with E-state index in [0.717, 1.165) is 25.3 Å². The number of halogens is 2. The van der Waals surface area contributed by atoms with Crippen LogP contribution < -0.4 is 25.8 Å². The summed E-state index contributed by atoms with van der Waals surface area (Å²) >= 11 is 13.1. The molecule has 44 heavy (non-hydrogen) atoms. The first-order chi connectivity index (χ1) is 21.0. The summed E-state index contributed by atoms with van der Waals surface area (Å²) in [4.78, 5) is 31.8. The van der Waals surface area contributed by atoms with Crippen molar-refractivity contribution in [1.82, 2.24) is 20.1 Å². The van der Waals surface area contributed by atoms with E-state index in [1.165, 1.54) is 19.3 Å². The van der Waals surface area contributed by atoms with E-state index in [2.05, 4.69) is 30.7 Å². The van der Waals surface area contributed by atoms with Gasteiger partial charge in [-0.1, -0.05) is 50.4 Å². The highest BCUT2D eigenvalue weighted by Crippen LogP contribution is 2.41. The van der Waals surface area contributed by atoms with Crippen LogP contribution in [0.5, 0.6) is 17.2 Å². The highest BCUT2D eigenvalue weighted by Gasteiger charge is 2.20. The number of piperidine rings is 1. The van der Waals surface area contributed by atoms with Crippen LogP contribution >= 0.6 is 23.2 Å². The van der Waals surface area contributed by atoms with Gasteiger partial charge in [-0.05, 0) is 50.2 Å². The van der Waals surface area contributed by atoms with Crippen molar-refractivity contribution in [2.45, 2.75) is 45.4 Å². The molecule has 0 bridgehead atoms. The largest absolute Gasteiger partial charge is 0.491 e. The molecule has 1 fully saturated rings. The Morgan fingerprint density at radius 1 is 1.00 bits per heavy atom. The Bertz CT molecular complexity index is 1680. The number of carbonyl (C=O) groups excluding carboxylic acids is 2. The zero-order chi connectivity index (χ0) is 31.4. The molecule has 1 aliphatic rings. The van der Waals surface area contributed by atoms with Crippen molar-refractivity contribution in [2.75, 3.05) is 36.9 Å². The van der Waals surface area contributed by atoms with Crippen LogP contribution in [0.4, 0.5) is 16.3 Å². The first-order valence-electron chi connectivity index (χ1n) is 14.4. The van der Waals surface area contributed by atoms with Crippen molar-refractivity contribution in [2.24, 2.45) is 5.73 Å². The summed E-state index contributed by atoms with van der Waals surface area (Å²) in [5.41, 5.74) is 7.48. The topological polar surface area (TPSA) is 147 Å². The standard InChI is InChI=1S/C31H35Cl2N7O4/c1-31(2,3)25-17-26(39-38-25)37-30(42)36-20-7-8-23(28(33)27(20)32)44-22-9-10-35-21-16-24(19(29(34)41)15-18(21)22)43-14-13-40-11-5-4-6-12-40/h7-10,15-17H,4-6,11-14H2,1-3H3,(H2,34,41)(H3,36,37,38,39,42). The predicted molar refractivity (Wildman–Crippen MR) is 173 cm³/mol. The smallest absolute Gasteiger partial charge is 0.324 e. The SMILES string of the molecule is CC(C)(C)c1cc(NC(=O)Nc2ccc(Oc3ccnc4cc(OCCN5CCCCC5)c(C(N)=O)cc34)c(Cl)c2Cl)n[nH]1. The predicted octanol–water partition coefficient (Wildman–Crippen LogP) is 6.96. The number of carbonyl (C=O) groups is 2. The van der Waals surface area contributed by atoms with Crippen molar-refractivity contribution in [1.29, 1.82) is 0 Å². The van der Waals surface area contributed by atoms with E-state index >= 15 is 0 Å². The van der Waals surface area contributed by atoms with Gasteiger partial charge in [-0.25, -0.2) is 4.79 Å². The van der Waals surface area contributed by atoms with Gasteiger partial charge >= 0.3 is 6.03 Å². The van der Waals surface area contributed by atoms with Crippen LogP contribution in [-0.4, -0.2) is 58.3 Å². The molecule has 13 heteroatoms. The lowest BCUT2D eigenvalue weighted by Crippen LogP contribution is -2.33. The van der Waals surface area contributed by atoms with Crippen molar-refractivity contribution in [3.8, 4) is 17.2 Å². The van der Waals surface area contributed by atoms with Crippen LogP contribution in [0.25, 0.3) is 10.9 Å². The first kappa shape index (κ1) is 31.4. The number of rotatable bonds is 9. The molecule has 5 N–H and O–H groups in total. The van der Waals surface area contributed by atoms with Crippen molar-refractivity contribution in [3.05, 3.63) is 63.9 Å². The van der Waals surface area contributed by atoms with Gasteiger partial charge < -0.3 is 20.5 Å². The lowest BCUT2D eigenvalue weighted by atomic mass is 9.92. The van der Waals surface area contributed by atoms with E-state index in [1.54, 1.807) is 42.6 Å². The van der Waals surface area contributed by atoms with E-state index in [9.17, 15) is 9.59 Å². The molecule has 5 rings (SSSR count). The highest BCUT2D eigenvalue weighted by molar-refractivity contribution is 6.45. The monoisotopic (exact) mass is 639 g/mol. The third-order valence-corrected chi connectivity index (χ3v) is 8.19. The normalized spacial score (nSPS) is 13.9. The Morgan fingerprint density at radius 3 is 2.48 bits per heavy atom. The molecule has 0 atom stereocenters. The molecular formula is C31H35Cl2N7O4. The molecule has 2 aromatic heterocycles. The molecule has 0 saturated carbocycles. The molecule has 0 spiro atoms. The lowest BCUT2D eigenvalue weighted by Gasteiger charge is -2.26. The van der Waals surface area contributed by atoms with Gasteiger partial charge in [-0.3, -0.25) is 25.1 Å². The second-order valence-electron chi connectivity index (χ2n) is 11.6. The molecule has 0 aliphatic carbocycles. The minimum Gasteiger partial charge on any atom is -0.491 e. The highest BCUT2D eigenvalue weighted by atomic mass is 35.5. The maximum Gasteiger partial charge on any atom is 0.324 e. The van der Waals surface area contributed by atoms with Crippen LogP contribution in [0.2, 0.25) is 10.0 Å². The Hall–Kier alpha value is -4.06. The Labute approximate surface area is 265 Å². The van der Waals surface area contributed by atoms with Gasteiger partial charge in [-0.15, -0.1) is 0 Å². The molecule has 2 aromatic carbocycles. The molecule has 3 amide bonds. The number of hydrogen-bond donors (Lipinski definition) is 4. The number of aromatic nitrogens is 3. The third kappa shape index (κ3) is 7.35. The number of nitrogens with zero attached hydrogens (tertiary/aromatic N) is 3. The molecule has 1 saturated heterocycles. The Kier molecular flexibility index (Phi) is 9.48. The Morgan fingerprint density at radius 2 is 1.77 bits per heavy atom. The van der Waals surface area contributed by atoms with Crippen LogP contribution in [0.1, 0.15) is 56.1 Å². The first-order valence-corrected chi connectivity index (χ1v) is 15.1. The zero-order valence-corrected chi connectivity index (χ0v) is 26.3. The number of ether oxygens (including phenoxy) is 2. The van der Waals surface area contributed by atoms with Crippen molar-refractivity contribution >= 4 is 57.5 Å². The number of pyridine rings is 1. The molecule has 1 aliphatic heterocycles. The zero-order valence-electron chi connectivity index (χ0n) is 24.8. The van der Waals surface area contributed by atoms with Gasteiger partial charge in [0, 0.05) is 41.4 Å². The summed E-state index contributed by atoms with van der Waals surface area (Å²) < 4.78 is 12.1. The maximum atomic E-state index is 12.6. The molecular weight excluding hydrogens is 605 g/mol. The number of urea groups is 1. The van der Waals surface area contributed by atoms with Gasteiger partial charge in [0.1, 0.15) is 28.9 Å². The van der Waals surface area contributed by atoms with E-state index in [0.29, 0.717) is 34.8 Å². The number of likely N-dealkylation sites (tertiary alicyclic amines) is 1. The molecule has 4 aromatic rings. The number of H-pyrrole nitrogens is 1. The third-order valence-electron chi connectivity index (χ3n) is 7.32. The fraction of sp³-hybridized carbons (Fsp3) is 0.355. The Balaban J connectivity index is 1.31. The molecule has 3 heterocycles. The number of nitrogens with one attached hydrogen (secondary N) is 3. The number of nitrogens with two attached hydrogens (primary N) is 1. The number of amides is 3. The molecule has 11 nitrogen and oxygen atoms in total. The average molecular weight is 641 g/mol. The lowest BCUT2D eigenvalue weighted by molar-refractivity contribution is 0.0995. The number of anilines is 2. The second kappa shape index (κ2) is 13.3. The number of benzene rings is 2. The second-order valence-corrected chi connectivity index (χ2v) is 12.4. The minimum absolute atomic E-state index is 0.0806. The van der Waals surface area contributed by atoms with Crippen LogP contribution in [0, 0.1) is 0 Å². The van der Waals surface area contributed by atoms with E-state index in [1.807, 2.05) is 20.8 Å². The van der Waals surface area contributed by atoms with Gasteiger partial charge in [-0.2, -0.15) is 5.10 Å². The molecule has 0 radical (unpaired) electrons. The van der Waals surface area contributed by atoms with E-state index < -0.39 is 11.9 Å². The summed E-state index contributed by atoms with van der Waals surface area (Å²) in [5.74, 6) is 0.714. The summed E-state index contributed by atoms with van der Waals surface area (Å²) in [7, 11) is 0. The van der Waals surface area contributed by atoms with Gasteiger partial charge in [0.25, 0.3) is 5.91 Å². The van der Waals surface area contributed by atoms with Crippen LogP contribution in [-0.2, 0) is 5.41 Å². The van der Waals surface area contributed by atoms with Gasteiger partial charge in [0.15, 0.2) is 5.82 Å².